The van der Waals surface area contributed by atoms with Crippen molar-refractivity contribution in [1.82, 2.24) is 19.0 Å². The third-order valence-electron chi connectivity index (χ3n) is 5.49. The number of aryl methyl sites for hydroxylation is 1. The smallest absolute Gasteiger partial charge is 0.258 e. The van der Waals surface area contributed by atoms with Crippen LogP contribution in [-0.4, -0.2) is 72.7 Å². The van der Waals surface area contributed by atoms with E-state index in [2.05, 4.69) is 18.9 Å². The second-order valence-electron chi connectivity index (χ2n) is 8.33. The highest BCUT2D eigenvalue weighted by Gasteiger charge is 2.33. The Morgan fingerprint density at radius 2 is 1.78 bits per heavy atom. The lowest BCUT2D eigenvalue weighted by molar-refractivity contribution is 0.0697. The summed E-state index contributed by atoms with van der Waals surface area (Å²) in [5.41, 5.74) is 0.961. The number of piperazine rings is 1. The summed E-state index contributed by atoms with van der Waals surface area (Å²) >= 11 is 6.45. The molecule has 0 spiro atoms. The first-order chi connectivity index (χ1) is 15.2. The minimum absolute atomic E-state index is 0.148. The van der Waals surface area contributed by atoms with E-state index in [9.17, 15) is 13.2 Å². The van der Waals surface area contributed by atoms with Gasteiger partial charge in [-0.2, -0.15) is 9.40 Å². The van der Waals surface area contributed by atoms with E-state index in [1.54, 1.807) is 22.6 Å². The molecule has 0 N–H and O–H groups in total. The van der Waals surface area contributed by atoms with Gasteiger partial charge in [-0.15, -0.1) is 0 Å². The zero-order valence-electron chi connectivity index (χ0n) is 18.4. The number of amides is 1. The van der Waals surface area contributed by atoms with E-state index >= 15 is 0 Å². The second kappa shape index (κ2) is 8.92. The molecule has 0 unspecified atom stereocenters. The lowest BCUT2D eigenvalue weighted by Crippen LogP contribution is -2.50. The number of carbonyl (C=O) groups is 1. The Kier molecular flexibility index (Phi) is 6.37. The van der Waals surface area contributed by atoms with Gasteiger partial charge in [-0.1, -0.05) is 25.4 Å². The molecule has 0 bridgehead atoms. The Labute approximate surface area is 192 Å². The molecule has 3 heterocycles. The van der Waals surface area contributed by atoms with Crippen molar-refractivity contribution in [2.24, 2.45) is 5.92 Å². The summed E-state index contributed by atoms with van der Waals surface area (Å²) in [6.07, 6.45) is 0. The van der Waals surface area contributed by atoms with Crippen LogP contribution >= 0.6 is 11.6 Å². The molecule has 1 aromatic carbocycles. The van der Waals surface area contributed by atoms with Crippen LogP contribution in [-0.2, 0) is 16.6 Å². The Balaban J connectivity index is 1.46. The number of ether oxygens (including phenoxy) is 2. The fraction of sp³-hybridized carbons (Fsp3) is 0.524. The number of fused-ring (bicyclic) bond motifs is 1. The minimum Gasteiger partial charge on any atom is -0.486 e. The third-order valence-corrected chi connectivity index (χ3v) is 7.77. The van der Waals surface area contributed by atoms with Crippen LogP contribution in [0.4, 0.5) is 0 Å². The summed E-state index contributed by atoms with van der Waals surface area (Å²) in [6, 6.07) is 4.63. The number of benzene rings is 1. The Bertz CT molecular complexity index is 1120. The first-order valence-electron chi connectivity index (χ1n) is 10.6. The fourth-order valence-corrected chi connectivity index (χ4v) is 5.65. The molecule has 11 heteroatoms. The van der Waals surface area contributed by atoms with E-state index in [0.29, 0.717) is 53.6 Å². The summed E-state index contributed by atoms with van der Waals surface area (Å²) < 4.78 is 40.3. The minimum atomic E-state index is -3.72. The van der Waals surface area contributed by atoms with Crippen molar-refractivity contribution in [3.05, 3.63) is 34.6 Å². The predicted molar refractivity (Wildman–Crippen MR) is 119 cm³/mol. The van der Waals surface area contributed by atoms with E-state index in [1.807, 2.05) is 0 Å². The topological polar surface area (TPSA) is 94.0 Å². The van der Waals surface area contributed by atoms with Crippen molar-refractivity contribution in [2.45, 2.75) is 32.2 Å². The number of hydrogen-bond acceptors (Lipinski definition) is 6. The highest BCUT2D eigenvalue weighted by molar-refractivity contribution is 7.89. The van der Waals surface area contributed by atoms with Gasteiger partial charge in [-0.05, 0) is 25.0 Å². The van der Waals surface area contributed by atoms with Crippen molar-refractivity contribution in [3.63, 3.8) is 0 Å². The van der Waals surface area contributed by atoms with Crippen molar-refractivity contribution >= 4 is 27.5 Å². The van der Waals surface area contributed by atoms with Crippen molar-refractivity contribution in [3.8, 4) is 11.5 Å². The average Bonchev–Trinajstić information content (AvgIpc) is 3.05. The molecule has 0 atom stereocenters. The maximum Gasteiger partial charge on any atom is 0.258 e. The molecule has 32 heavy (non-hydrogen) atoms. The molecular formula is C21H27ClN4O5S. The Morgan fingerprint density at radius 3 is 2.44 bits per heavy atom. The van der Waals surface area contributed by atoms with Gasteiger partial charge in [0.1, 0.15) is 18.4 Å². The van der Waals surface area contributed by atoms with Crippen LogP contribution in [0.3, 0.4) is 0 Å². The lowest BCUT2D eigenvalue weighted by atomic mass is 10.2. The number of aromatic nitrogens is 2. The number of carbonyl (C=O) groups excluding carboxylic acids is 1. The summed E-state index contributed by atoms with van der Waals surface area (Å²) in [4.78, 5) is 14.9. The van der Waals surface area contributed by atoms with E-state index in [0.717, 1.165) is 0 Å². The van der Waals surface area contributed by atoms with Crippen LogP contribution in [0.2, 0.25) is 5.15 Å². The maximum atomic E-state index is 13.1. The first kappa shape index (κ1) is 22.9. The van der Waals surface area contributed by atoms with E-state index in [1.165, 1.54) is 16.4 Å². The molecule has 0 radical (unpaired) electrons. The van der Waals surface area contributed by atoms with Crippen LogP contribution < -0.4 is 9.47 Å². The van der Waals surface area contributed by atoms with Crippen LogP contribution in [0.5, 0.6) is 11.5 Å². The van der Waals surface area contributed by atoms with E-state index in [4.69, 9.17) is 21.1 Å². The van der Waals surface area contributed by atoms with E-state index < -0.39 is 10.0 Å². The van der Waals surface area contributed by atoms with Gasteiger partial charge in [0, 0.05) is 38.8 Å². The first-order valence-corrected chi connectivity index (χ1v) is 12.4. The van der Waals surface area contributed by atoms with Gasteiger partial charge in [-0.25, -0.2) is 8.42 Å². The number of nitrogens with zero attached hydrogens (tertiary/aromatic N) is 4. The SMILES string of the molecule is Cc1nn(CC(C)C)c(Cl)c1C(=O)N1CCN(S(=O)(=O)c2ccc3c(c2)OCCO3)CC1. The van der Waals surface area contributed by atoms with Gasteiger partial charge in [0.2, 0.25) is 10.0 Å². The van der Waals surface area contributed by atoms with E-state index in [-0.39, 0.29) is 37.0 Å². The summed E-state index contributed by atoms with van der Waals surface area (Å²) in [5.74, 6) is 1.08. The van der Waals surface area contributed by atoms with Gasteiger partial charge in [0.25, 0.3) is 5.91 Å². The van der Waals surface area contributed by atoms with Gasteiger partial charge < -0.3 is 14.4 Å². The zero-order chi connectivity index (χ0) is 23.0. The largest absolute Gasteiger partial charge is 0.486 e. The Hall–Kier alpha value is -2.30. The third kappa shape index (κ3) is 4.31. The van der Waals surface area contributed by atoms with Crippen molar-refractivity contribution in [1.29, 1.82) is 0 Å². The quantitative estimate of drug-likeness (QED) is 0.649. The van der Waals surface area contributed by atoms with Gasteiger partial charge >= 0.3 is 0 Å². The van der Waals surface area contributed by atoms with Crippen LogP contribution in [0.15, 0.2) is 23.1 Å². The molecular weight excluding hydrogens is 456 g/mol. The molecule has 174 valence electrons. The number of halogens is 1. The molecule has 2 aliphatic rings. The maximum absolute atomic E-state index is 13.1. The van der Waals surface area contributed by atoms with Crippen LogP contribution in [0.25, 0.3) is 0 Å². The van der Waals surface area contributed by atoms with Crippen LogP contribution in [0.1, 0.15) is 29.9 Å². The molecule has 4 rings (SSSR count). The molecule has 1 saturated heterocycles. The fourth-order valence-electron chi connectivity index (χ4n) is 3.89. The molecule has 0 saturated carbocycles. The second-order valence-corrected chi connectivity index (χ2v) is 10.6. The lowest BCUT2D eigenvalue weighted by Gasteiger charge is -2.34. The number of sulfonamides is 1. The van der Waals surface area contributed by atoms with Crippen molar-refractivity contribution < 1.29 is 22.7 Å². The predicted octanol–water partition coefficient (Wildman–Crippen LogP) is 2.42. The molecule has 0 aliphatic carbocycles. The molecule has 1 fully saturated rings. The van der Waals surface area contributed by atoms with Crippen LogP contribution in [0, 0.1) is 12.8 Å². The molecule has 1 aromatic heterocycles. The standard InChI is InChI=1S/C21H27ClN4O5S/c1-14(2)13-26-20(22)19(15(3)23-26)21(27)24-6-8-25(9-7-24)32(28,29)16-4-5-17-18(12-16)31-11-10-30-17/h4-5,12,14H,6-11,13H2,1-3H3. The van der Waals surface area contributed by atoms with Gasteiger partial charge in [-0.3, -0.25) is 9.48 Å². The zero-order valence-corrected chi connectivity index (χ0v) is 19.9. The average molecular weight is 483 g/mol. The van der Waals surface area contributed by atoms with Crippen molar-refractivity contribution in [2.75, 3.05) is 39.4 Å². The molecule has 1 amide bonds. The summed E-state index contributed by atoms with van der Waals surface area (Å²) in [6.45, 7) is 8.24. The number of rotatable bonds is 5. The van der Waals surface area contributed by atoms with Gasteiger partial charge in [0.05, 0.1) is 16.2 Å². The normalized spacial score (nSPS) is 17.1. The molecule has 9 nitrogen and oxygen atoms in total. The highest BCUT2D eigenvalue weighted by Crippen LogP contribution is 2.33. The summed E-state index contributed by atoms with van der Waals surface area (Å²) in [5, 5.41) is 4.73. The highest BCUT2D eigenvalue weighted by atomic mass is 35.5. The molecule has 2 aromatic rings. The summed E-state index contributed by atoms with van der Waals surface area (Å²) in [7, 11) is -3.72. The Morgan fingerprint density at radius 1 is 1.12 bits per heavy atom. The monoisotopic (exact) mass is 482 g/mol. The molecule has 2 aliphatic heterocycles. The number of hydrogen-bond donors (Lipinski definition) is 0. The van der Waals surface area contributed by atoms with Gasteiger partial charge in [0.15, 0.2) is 11.5 Å².